The molecule has 0 saturated carbocycles. The zero-order valence-corrected chi connectivity index (χ0v) is 11.6. The van der Waals surface area contributed by atoms with Crippen molar-refractivity contribution in [1.29, 1.82) is 5.26 Å². The summed E-state index contributed by atoms with van der Waals surface area (Å²) in [5.74, 6) is 0.306. The predicted molar refractivity (Wildman–Crippen MR) is 78.8 cm³/mol. The summed E-state index contributed by atoms with van der Waals surface area (Å²) in [4.78, 5) is 17.2. The fraction of sp³-hybridized carbons (Fsp3) is 0. The van der Waals surface area contributed by atoms with E-state index in [0.717, 1.165) is 11.3 Å². The van der Waals surface area contributed by atoms with Crippen LogP contribution in [0.1, 0.15) is 20.8 Å². The molecule has 0 amide bonds. The summed E-state index contributed by atoms with van der Waals surface area (Å²) in [5.41, 5.74) is 7.14. The quantitative estimate of drug-likeness (QED) is 0.749. The Balaban J connectivity index is 2.04. The lowest BCUT2D eigenvalue weighted by Gasteiger charge is -2.00. The Hall–Kier alpha value is -2.91. The van der Waals surface area contributed by atoms with E-state index in [1.807, 2.05) is 6.07 Å². The molecule has 2 aromatic heterocycles. The van der Waals surface area contributed by atoms with Crippen molar-refractivity contribution in [3.63, 3.8) is 0 Å². The van der Waals surface area contributed by atoms with E-state index in [2.05, 4.69) is 4.98 Å². The van der Waals surface area contributed by atoms with Gasteiger partial charge in [0, 0.05) is 5.56 Å². The smallest absolute Gasteiger partial charge is 0.205 e. The van der Waals surface area contributed by atoms with E-state index < -0.39 is 0 Å². The molecule has 0 radical (unpaired) electrons. The van der Waals surface area contributed by atoms with E-state index in [4.69, 9.17) is 15.4 Å². The SMILES string of the molecule is N#Cc1ccc(C(=O)c2sc(N)nc2-c2ccco2)cc1. The molecule has 2 N–H and O–H groups in total. The first-order valence-corrected chi connectivity index (χ1v) is 6.85. The number of thiazole rings is 1. The van der Waals surface area contributed by atoms with Gasteiger partial charge in [0.05, 0.1) is 17.9 Å². The lowest BCUT2D eigenvalue weighted by Crippen LogP contribution is -2.00. The van der Waals surface area contributed by atoms with Gasteiger partial charge in [0.2, 0.25) is 5.78 Å². The van der Waals surface area contributed by atoms with Gasteiger partial charge in [-0.3, -0.25) is 4.79 Å². The second-order valence-corrected chi connectivity index (χ2v) is 5.26. The van der Waals surface area contributed by atoms with Crippen molar-refractivity contribution >= 4 is 22.3 Å². The van der Waals surface area contributed by atoms with Crippen LogP contribution in [0.3, 0.4) is 0 Å². The zero-order valence-electron chi connectivity index (χ0n) is 10.7. The summed E-state index contributed by atoms with van der Waals surface area (Å²) in [6, 6.07) is 11.9. The highest BCUT2D eigenvalue weighted by molar-refractivity contribution is 7.18. The number of ketones is 1. The zero-order chi connectivity index (χ0) is 14.8. The Labute approximate surface area is 124 Å². The fourth-order valence-corrected chi connectivity index (χ4v) is 2.70. The van der Waals surface area contributed by atoms with Crippen LogP contribution in [0, 0.1) is 11.3 Å². The molecule has 5 nitrogen and oxygen atoms in total. The summed E-state index contributed by atoms with van der Waals surface area (Å²) < 4.78 is 5.29. The van der Waals surface area contributed by atoms with Crippen LogP contribution in [0.2, 0.25) is 0 Å². The average Bonchev–Trinajstić information content (AvgIpc) is 3.15. The Morgan fingerprint density at radius 3 is 2.67 bits per heavy atom. The van der Waals surface area contributed by atoms with Crippen molar-refractivity contribution in [2.24, 2.45) is 0 Å². The molecule has 3 rings (SSSR count). The summed E-state index contributed by atoms with van der Waals surface area (Å²) in [6.07, 6.45) is 1.51. The number of carbonyl (C=O) groups excluding carboxylic acids is 1. The van der Waals surface area contributed by atoms with Gasteiger partial charge >= 0.3 is 0 Å². The Bertz CT molecular complexity index is 827. The number of carbonyl (C=O) groups is 1. The molecule has 102 valence electrons. The molecule has 0 bridgehead atoms. The molecule has 0 saturated heterocycles. The molecule has 0 unspecified atom stereocenters. The van der Waals surface area contributed by atoms with Crippen molar-refractivity contribution < 1.29 is 9.21 Å². The predicted octanol–water partition coefficient (Wildman–Crippen LogP) is 3.09. The first-order valence-electron chi connectivity index (χ1n) is 6.04. The molecule has 21 heavy (non-hydrogen) atoms. The van der Waals surface area contributed by atoms with Gasteiger partial charge in [-0.25, -0.2) is 4.98 Å². The molecule has 0 spiro atoms. The van der Waals surface area contributed by atoms with Crippen LogP contribution < -0.4 is 5.73 Å². The van der Waals surface area contributed by atoms with Crippen LogP contribution in [0.25, 0.3) is 11.5 Å². The molecular formula is C15H9N3O2S. The van der Waals surface area contributed by atoms with E-state index >= 15 is 0 Å². The number of hydrogen-bond acceptors (Lipinski definition) is 6. The third-order valence-electron chi connectivity index (χ3n) is 2.88. The molecule has 6 heteroatoms. The molecule has 0 aliphatic heterocycles. The third-order valence-corrected chi connectivity index (χ3v) is 3.76. The van der Waals surface area contributed by atoms with E-state index in [0.29, 0.717) is 32.6 Å². The van der Waals surface area contributed by atoms with Crippen molar-refractivity contribution in [3.8, 4) is 17.5 Å². The first-order chi connectivity index (χ1) is 10.2. The van der Waals surface area contributed by atoms with Crippen LogP contribution in [-0.4, -0.2) is 10.8 Å². The largest absolute Gasteiger partial charge is 0.463 e. The number of furan rings is 1. The minimum atomic E-state index is -0.194. The number of nitrogens with zero attached hydrogens (tertiary/aromatic N) is 2. The Morgan fingerprint density at radius 1 is 1.29 bits per heavy atom. The number of benzene rings is 1. The Morgan fingerprint density at radius 2 is 2.05 bits per heavy atom. The average molecular weight is 295 g/mol. The van der Waals surface area contributed by atoms with E-state index in [1.165, 1.54) is 6.26 Å². The van der Waals surface area contributed by atoms with Gasteiger partial charge in [0.25, 0.3) is 0 Å². The van der Waals surface area contributed by atoms with Gasteiger partial charge in [0.1, 0.15) is 10.6 Å². The molecular weight excluding hydrogens is 286 g/mol. The second kappa shape index (κ2) is 5.23. The van der Waals surface area contributed by atoms with Crippen LogP contribution >= 0.6 is 11.3 Å². The number of rotatable bonds is 3. The van der Waals surface area contributed by atoms with Gasteiger partial charge in [-0.05, 0) is 36.4 Å². The summed E-state index contributed by atoms with van der Waals surface area (Å²) in [7, 11) is 0. The van der Waals surface area contributed by atoms with Crippen LogP contribution in [0.4, 0.5) is 5.13 Å². The van der Waals surface area contributed by atoms with Crippen LogP contribution in [-0.2, 0) is 0 Å². The summed E-state index contributed by atoms with van der Waals surface area (Å²) >= 11 is 1.12. The number of hydrogen-bond donors (Lipinski definition) is 1. The highest BCUT2D eigenvalue weighted by Gasteiger charge is 2.21. The topological polar surface area (TPSA) is 92.9 Å². The highest BCUT2D eigenvalue weighted by Crippen LogP contribution is 2.31. The fourth-order valence-electron chi connectivity index (χ4n) is 1.90. The molecule has 2 heterocycles. The van der Waals surface area contributed by atoms with Gasteiger partial charge < -0.3 is 10.2 Å². The maximum absolute atomic E-state index is 12.6. The second-order valence-electron chi connectivity index (χ2n) is 4.23. The van der Waals surface area contributed by atoms with Crippen molar-refractivity contribution in [3.05, 3.63) is 58.7 Å². The van der Waals surface area contributed by atoms with Gasteiger partial charge in [-0.1, -0.05) is 11.3 Å². The number of nitrogen functional groups attached to an aromatic ring is 1. The van der Waals surface area contributed by atoms with Crippen LogP contribution in [0.15, 0.2) is 47.1 Å². The minimum Gasteiger partial charge on any atom is -0.463 e. The van der Waals surface area contributed by atoms with E-state index in [9.17, 15) is 4.79 Å². The standard InChI is InChI=1S/C15H9N3O2S/c16-8-9-3-5-10(6-4-9)13(19)14-12(18-15(17)21-14)11-2-1-7-20-11/h1-7H,(H2,17,18). The monoisotopic (exact) mass is 295 g/mol. The van der Waals surface area contributed by atoms with Crippen LogP contribution in [0.5, 0.6) is 0 Å². The number of nitriles is 1. The maximum Gasteiger partial charge on any atom is 0.205 e. The Kier molecular flexibility index (Phi) is 3.26. The number of nitrogens with two attached hydrogens (primary N) is 1. The van der Waals surface area contributed by atoms with E-state index in [-0.39, 0.29) is 5.78 Å². The molecule has 1 aromatic carbocycles. The molecule has 0 aliphatic rings. The number of aromatic nitrogens is 1. The van der Waals surface area contributed by atoms with Crippen molar-refractivity contribution in [2.75, 3.05) is 5.73 Å². The lowest BCUT2D eigenvalue weighted by molar-refractivity contribution is 0.104. The molecule has 0 aliphatic carbocycles. The van der Waals surface area contributed by atoms with E-state index in [1.54, 1.807) is 36.4 Å². The molecule has 3 aromatic rings. The van der Waals surface area contributed by atoms with Crippen molar-refractivity contribution in [2.45, 2.75) is 0 Å². The maximum atomic E-state index is 12.6. The normalized spacial score (nSPS) is 10.2. The van der Waals surface area contributed by atoms with Gasteiger partial charge in [-0.15, -0.1) is 0 Å². The molecule has 0 atom stereocenters. The van der Waals surface area contributed by atoms with Crippen molar-refractivity contribution in [1.82, 2.24) is 4.98 Å². The van der Waals surface area contributed by atoms with Gasteiger partial charge in [-0.2, -0.15) is 5.26 Å². The van der Waals surface area contributed by atoms with Gasteiger partial charge in [0.15, 0.2) is 10.9 Å². The molecule has 0 fully saturated rings. The minimum absolute atomic E-state index is 0.194. The summed E-state index contributed by atoms with van der Waals surface area (Å²) in [6.45, 7) is 0. The number of anilines is 1. The summed E-state index contributed by atoms with van der Waals surface area (Å²) in [5, 5.41) is 9.09. The lowest BCUT2D eigenvalue weighted by atomic mass is 10.1. The third kappa shape index (κ3) is 2.42. The first kappa shape index (κ1) is 13.1. The highest BCUT2D eigenvalue weighted by atomic mass is 32.1.